The van der Waals surface area contributed by atoms with Gasteiger partial charge < -0.3 is 10.1 Å². The molecule has 0 fully saturated rings. The van der Waals surface area contributed by atoms with Crippen molar-refractivity contribution in [1.29, 1.82) is 5.26 Å². The van der Waals surface area contributed by atoms with Gasteiger partial charge in [-0.2, -0.15) is 5.26 Å². The van der Waals surface area contributed by atoms with Crippen molar-refractivity contribution in [3.63, 3.8) is 0 Å². The average Bonchev–Trinajstić information content (AvgIpc) is 2.37. The molecule has 1 atom stereocenters. The van der Waals surface area contributed by atoms with Gasteiger partial charge in [0, 0.05) is 5.02 Å². The predicted molar refractivity (Wildman–Crippen MR) is 81.6 cm³/mol. The van der Waals surface area contributed by atoms with E-state index in [1.807, 2.05) is 13.8 Å². The van der Waals surface area contributed by atoms with Gasteiger partial charge in [-0.15, -0.1) is 0 Å². The van der Waals surface area contributed by atoms with Crippen LogP contribution in [0.4, 0.5) is 0 Å². The number of halogens is 2. The Morgan fingerprint density at radius 2 is 2.25 bits per heavy atom. The smallest absolute Gasteiger partial charge is 0.259 e. The molecule has 0 spiro atoms. The van der Waals surface area contributed by atoms with Crippen LogP contribution in [0.1, 0.15) is 20.8 Å². The molecule has 1 aromatic rings. The molecule has 0 aromatic heterocycles. The Hall–Kier alpha value is -1.25. The fourth-order valence-electron chi connectivity index (χ4n) is 1.36. The van der Waals surface area contributed by atoms with Gasteiger partial charge in [0.1, 0.15) is 11.3 Å². The summed E-state index contributed by atoms with van der Waals surface area (Å²) in [7, 11) is 0. The molecular formula is C14H16BrClN2O2. The number of carbonyl (C=O) groups is 1. The zero-order valence-corrected chi connectivity index (χ0v) is 13.9. The summed E-state index contributed by atoms with van der Waals surface area (Å²) in [5.41, 5.74) is -0.905. The standard InChI is InChI=1S/C14H16BrClN2O2/c1-9(2)14(3,8-17)18-13(19)7-20-12-5-4-10(16)6-11(12)15/h4-6,9H,7H2,1-3H3,(H,18,19). The van der Waals surface area contributed by atoms with Crippen molar-refractivity contribution in [2.75, 3.05) is 6.61 Å². The van der Waals surface area contributed by atoms with Crippen LogP contribution in [0, 0.1) is 17.2 Å². The highest BCUT2D eigenvalue weighted by atomic mass is 79.9. The van der Waals surface area contributed by atoms with Gasteiger partial charge in [-0.25, -0.2) is 0 Å². The minimum atomic E-state index is -0.905. The summed E-state index contributed by atoms with van der Waals surface area (Å²) in [5.74, 6) is 0.177. The van der Waals surface area contributed by atoms with Crippen LogP contribution in [0.25, 0.3) is 0 Å². The summed E-state index contributed by atoms with van der Waals surface area (Å²) in [4.78, 5) is 11.8. The highest BCUT2D eigenvalue weighted by Crippen LogP contribution is 2.27. The van der Waals surface area contributed by atoms with Crippen LogP contribution in [0.2, 0.25) is 5.02 Å². The maximum absolute atomic E-state index is 11.8. The maximum atomic E-state index is 11.8. The van der Waals surface area contributed by atoms with E-state index in [1.165, 1.54) is 0 Å². The van der Waals surface area contributed by atoms with Crippen LogP contribution in [0.15, 0.2) is 22.7 Å². The largest absolute Gasteiger partial charge is 0.483 e. The lowest BCUT2D eigenvalue weighted by Crippen LogP contribution is -2.50. The molecule has 0 bridgehead atoms. The highest BCUT2D eigenvalue weighted by Gasteiger charge is 2.30. The van der Waals surface area contributed by atoms with E-state index in [0.29, 0.717) is 15.2 Å². The Labute approximate surface area is 132 Å². The van der Waals surface area contributed by atoms with Gasteiger partial charge in [0.15, 0.2) is 6.61 Å². The number of amides is 1. The van der Waals surface area contributed by atoms with Crippen LogP contribution >= 0.6 is 27.5 Å². The van der Waals surface area contributed by atoms with Crippen molar-refractivity contribution in [2.24, 2.45) is 5.92 Å². The molecule has 0 saturated carbocycles. The van der Waals surface area contributed by atoms with Gasteiger partial charge in [0.2, 0.25) is 0 Å². The molecule has 20 heavy (non-hydrogen) atoms. The van der Waals surface area contributed by atoms with E-state index >= 15 is 0 Å². The number of nitrogens with zero attached hydrogens (tertiary/aromatic N) is 1. The Morgan fingerprint density at radius 1 is 1.60 bits per heavy atom. The third-order valence-electron chi connectivity index (χ3n) is 3.04. The van der Waals surface area contributed by atoms with Crippen LogP contribution in [0.5, 0.6) is 5.75 Å². The first-order valence-corrected chi connectivity index (χ1v) is 7.25. The van der Waals surface area contributed by atoms with Crippen molar-refractivity contribution >= 4 is 33.4 Å². The molecule has 4 nitrogen and oxygen atoms in total. The minimum Gasteiger partial charge on any atom is -0.483 e. The number of rotatable bonds is 5. The fourth-order valence-corrected chi connectivity index (χ4v) is 2.16. The molecule has 108 valence electrons. The molecule has 0 saturated heterocycles. The lowest BCUT2D eigenvalue weighted by atomic mass is 9.90. The molecule has 1 rings (SSSR count). The number of benzene rings is 1. The Morgan fingerprint density at radius 3 is 2.75 bits per heavy atom. The molecule has 0 heterocycles. The Balaban J connectivity index is 2.62. The first-order valence-electron chi connectivity index (χ1n) is 6.08. The van der Waals surface area contributed by atoms with E-state index in [2.05, 4.69) is 27.3 Å². The molecule has 1 N–H and O–H groups in total. The molecule has 0 radical (unpaired) electrons. The van der Waals surface area contributed by atoms with E-state index in [0.717, 1.165) is 0 Å². The molecular weight excluding hydrogens is 344 g/mol. The van der Waals surface area contributed by atoms with Crippen molar-refractivity contribution in [3.05, 3.63) is 27.7 Å². The van der Waals surface area contributed by atoms with E-state index in [9.17, 15) is 4.79 Å². The van der Waals surface area contributed by atoms with Crippen molar-refractivity contribution in [1.82, 2.24) is 5.32 Å². The normalized spacial score (nSPS) is 13.4. The number of ether oxygens (including phenoxy) is 1. The molecule has 1 aromatic carbocycles. The fraction of sp³-hybridized carbons (Fsp3) is 0.429. The molecule has 0 aliphatic carbocycles. The van der Waals surface area contributed by atoms with Gasteiger partial charge in [-0.3, -0.25) is 4.79 Å². The predicted octanol–water partition coefficient (Wildman–Crippen LogP) is 3.54. The number of nitrogens with one attached hydrogen (secondary N) is 1. The molecule has 1 amide bonds. The Bertz CT molecular complexity index is 542. The molecule has 0 aliphatic rings. The lowest BCUT2D eigenvalue weighted by molar-refractivity contribution is -0.124. The summed E-state index contributed by atoms with van der Waals surface area (Å²) in [6.07, 6.45) is 0. The topological polar surface area (TPSA) is 62.1 Å². The first kappa shape index (κ1) is 16.8. The lowest BCUT2D eigenvalue weighted by Gasteiger charge is -2.27. The minimum absolute atomic E-state index is 0.00119. The SMILES string of the molecule is CC(C)C(C)(C#N)NC(=O)COc1ccc(Cl)cc1Br. The second-order valence-electron chi connectivity index (χ2n) is 4.88. The third-order valence-corrected chi connectivity index (χ3v) is 3.89. The number of nitriles is 1. The van der Waals surface area contributed by atoms with Crippen LogP contribution in [0.3, 0.4) is 0 Å². The van der Waals surface area contributed by atoms with Gasteiger partial charge >= 0.3 is 0 Å². The zero-order valence-electron chi connectivity index (χ0n) is 11.5. The van der Waals surface area contributed by atoms with Crippen LogP contribution < -0.4 is 10.1 Å². The Kier molecular flexibility index (Phi) is 5.85. The summed E-state index contributed by atoms with van der Waals surface area (Å²) < 4.78 is 6.07. The number of hydrogen-bond acceptors (Lipinski definition) is 3. The van der Waals surface area contributed by atoms with E-state index in [4.69, 9.17) is 21.6 Å². The van der Waals surface area contributed by atoms with Crippen LogP contribution in [-0.4, -0.2) is 18.1 Å². The highest BCUT2D eigenvalue weighted by molar-refractivity contribution is 9.10. The van der Waals surface area contributed by atoms with Gasteiger partial charge in [-0.1, -0.05) is 25.4 Å². The monoisotopic (exact) mass is 358 g/mol. The quantitative estimate of drug-likeness (QED) is 0.874. The number of hydrogen-bond donors (Lipinski definition) is 1. The summed E-state index contributed by atoms with van der Waals surface area (Å²) in [6, 6.07) is 7.14. The van der Waals surface area contributed by atoms with Crippen molar-refractivity contribution in [2.45, 2.75) is 26.3 Å². The summed E-state index contributed by atoms with van der Waals surface area (Å²) in [6.45, 7) is 5.28. The van der Waals surface area contributed by atoms with E-state index in [1.54, 1.807) is 25.1 Å². The average molecular weight is 360 g/mol. The molecule has 6 heteroatoms. The van der Waals surface area contributed by atoms with E-state index < -0.39 is 5.54 Å². The zero-order chi connectivity index (χ0) is 15.3. The van der Waals surface area contributed by atoms with Crippen LogP contribution in [-0.2, 0) is 4.79 Å². The molecule has 1 unspecified atom stereocenters. The summed E-state index contributed by atoms with van der Waals surface area (Å²) >= 11 is 9.12. The first-order chi connectivity index (χ1) is 9.28. The van der Waals surface area contributed by atoms with Gasteiger partial charge in [0.05, 0.1) is 10.5 Å². The second-order valence-corrected chi connectivity index (χ2v) is 6.17. The molecule has 0 aliphatic heterocycles. The van der Waals surface area contributed by atoms with E-state index in [-0.39, 0.29) is 18.4 Å². The third kappa shape index (κ3) is 4.39. The maximum Gasteiger partial charge on any atom is 0.259 e. The van der Waals surface area contributed by atoms with Crippen molar-refractivity contribution in [3.8, 4) is 11.8 Å². The second kappa shape index (κ2) is 6.96. The summed E-state index contributed by atoms with van der Waals surface area (Å²) in [5, 5.41) is 12.4. The number of carbonyl (C=O) groups excluding carboxylic acids is 1. The van der Waals surface area contributed by atoms with Crippen molar-refractivity contribution < 1.29 is 9.53 Å². The van der Waals surface area contributed by atoms with Gasteiger partial charge in [-0.05, 0) is 47.0 Å². The van der Waals surface area contributed by atoms with Gasteiger partial charge in [0.25, 0.3) is 5.91 Å².